The highest BCUT2D eigenvalue weighted by Crippen LogP contribution is 2.26. The molecule has 1 aliphatic heterocycles. The van der Waals surface area contributed by atoms with Gasteiger partial charge >= 0.3 is 0 Å². The van der Waals surface area contributed by atoms with Crippen LogP contribution in [0.1, 0.15) is 12.1 Å². The minimum Gasteiger partial charge on any atom is -0.347 e. The summed E-state index contributed by atoms with van der Waals surface area (Å²) in [7, 11) is -3.66. The van der Waals surface area contributed by atoms with Gasteiger partial charge in [-0.3, -0.25) is 4.90 Å². The van der Waals surface area contributed by atoms with Gasteiger partial charge in [0.1, 0.15) is 0 Å². The summed E-state index contributed by atoms with van der Waals surface area (Å²) in [5.74, 6) is 0. The van der Waals surface area contributed by atoms with Gasteiger partial charge < -0.3 is 4.90 Å². The van der Waals surface area contributed by atoms with Crippen LogP contribution in [0.25, 0.3) is 0 Å². The van der Waals surface area contributed by atoms with Gasteiger partial charge in [0, 0.05) is 38.1 Å². The predicted molar refractivity (Wildman–Crippen MR) is 87.7 cm³/mol. The Balaban J connectivity index is 1.64. The van der Waals surface area contributed by atoms with Crippen LogP contribution in [0.3, 0.4) is 0 Å². The third-order valence-electron chi connectivity index (χ3n) is 3.48. The highest BCUT2D eigenvalue weighted by atomic mass is 32.2. The number of anilines is 1. The van der Waals surface area contributed by atoms with Gasteiger partial charge in [0.25, 0.3) is 0 Å². The summed E-state index contributed by atoms with van der Waals surface area (Å²) >= 11 is 2.75. The molecular formula is C12H17N5O2S3. The third kappa shape index (κ3) is 3.82. The van der Waals surface area contributed by atoms with Crippen molar-refractivity contribution in [2.75, 3.05) is 31.1 Å². The maximum absolute atomic E-state index is 11.3. The number of primary sulfonamides is 1. The zero-order chi connectivity index (χ0) is 15.6. The van der Waals surface area contributed by atoms with Crippen LogP contribution in [0.15, 0.2) is 21.3 Å². The fraction of sp³-hybridized carbons (Fsp3) is 0.500. The van der Waals surface area contributed by atoms with E-state index in [1.807, 2.05) is 5.51 Å². The van der Waals surface area contributed by atoms with Gasteiger partial charge in [-0.25, -0.2) is 23.5 Å². The Bertz CT molecular complexity index is 713. The third-order valence-corrected chi connectivity index (χ3v) is 6.58. The minimum absolute atomic E-state index is 0.117. The van der Waals surface area contributed by atoms with Crippen LogP contribution >= 0.6 is 22.7 Å². The van der Waals surface area contributed by atoms with E-state index < -0.39 is 10.0 Å². The first kappa shape index (κ1) is 15.8. The Morgan fingerprint density at radius 3 is 2.77 bits per heavy atom. The van der Waals surface area contributed by atoms with E-state index in [1.165, 1.54) is 6.20 Å². The molecule has 3 rings (SSSR count). The molecule has 120 valence electrons. The molecule has 3 heterocycles. The van der Waals surface area contributed by atoms with Gasteiger partial charge in [-0.15, -0.1) is 11.3 Å². The van der Waals surface area contributed by atoms with E-state index in [9.17, 15) is 8.42 Å². The Morgan fingerprint density at radius 2 is 2.09 bits per heavy atom. The zero-order valence-corrected chi connectivity index (χ0v) is 14.3. The summed E-state index contributed by atoms with van der Waals surface area (Å²) in [5, 5.41) is 7.93. The fourth-order valence-electron chi connectivity index (χ4n) is 2.39. The highest BCUT2D eigenvalue weighted by Gasteiger charge is 2.20. The van der Waals surface area contributed by atoms with Crippen LogP contribution < -0.4 is 10.0 Å². The van der Waals surface area contributed by atoms with Gasteiger partial charge in [-0.05, 0) is 6.42 Å². The van der Waals surface area contributed by atoms with E-state index in [0.717, 1.165) is 61.3 Å². The molecule has 2 N–H and O–H groups in total. The monoisotopic (exact) mass is 359 g/mol. The second-order valence-electron chi connectivity index (χ2n) is 5.10. The van der Waals surface area contributed by atoms with E-state index in [1.54, 1.807) is 11.3 Å². The van der Waals surface area contributed by atoms with Crippen LogP contribution in [0.2, 0.25) is 0 Å². The smallest absolute Gasteiger partial charge is 0.249 e. The van der Waals surface area contributed by atoms with Crippen molar-refractivity contribution in [1.82, 2.24) is 14.9 Å². The summed E-state index contributed by atoms with van der Waals surface area (Å²) in [6.07, 6.45) is 2.35. The maximum atomic E-state index is 11.3. The number of aromatic nitrogens is 2. The molecule has 0 spiro atoms. The second-order valence-corrected chi connectivity index (χ2v) is 8.62. The van der Waals surface area contributed by atoms with Crippen molar-refractivity contribution < 1.29 is 8.42 Å². The summed E-state index contributed by atoms with van der Waals surface area (Å²) in [5.41, 5.74) is 2.95. The van der Waals surface area contributed by atoms with Crippen molar-refractivity contribution >= 4 is 37.8 Å². The number of nitrogens with two attached hydrogens (primary N) is 1. The summed E-state index contributed by atoms with van der Waals surface area (Å²) in [6, 6.07) is 0. The zero-order valence-electron chi connectivity index (χ0n) is 11.9. The molecule has 7 nitrogen and oxygen atoms in total. The normalized spacial score (nSPS) is 17.6. The fourth-order valence-corrected chi connectivity index (χ4v) is 4.53. The van der Waals surface area contributed by atoms with Gasteiger partial charge in [0.2, 0.25) is 10.0 Å². The first-order valence-electron chi connectivity index (χ1n) is 6.85. The molecule has 0 atom stereocenters. The van der Waals surface area contributed by atoms with Crippen LogP contribution in [-0.4, -0.2) is 49.5 Å². The van der Waals surface area contributed by atoms with Crippen molar-refractivity contribution in [3.8, 4) is 0 Å². The molecule has 10 heteroatoms. The van der Waals surface area contributed by atoms with E-state index in [4.69, 9.17) is 5.14 Å². The van der Waals surface area contributed by atoms with Crippen molar-refractivity contribution in [3.63, 3.8) is 0 Å². The molecule has 0 aliphatic carbocycles. The number of nitrogens with zero attached hydrogens (tertiary/aromatic N) is 4. The number of hydrogen-bond acceptors (Lipinski definition) is 8. The van der Waals surface area contributed by atoms with E-state index in [-0.39, 0.29) is 4.21 Å². The number of hydrogen-bond donors (Lipinski definition) is 1. The van der Waals surface area contributed by atoms with Crippen molar-refractivity contribution in [3.05, 3.63) is 22.8 Å². The molecule has 0 unspecified atom stereocenters. The average molecular weight is 360 g/mol. The molecule has 22 heavy (non-hydrogen) atoms. The molecule has 0 aromatic carbocycles. The number of sulfonamides is 1. The Labute approximate surface area is 137 Å². The molecule has 0 saturated carbocycles. The first-order chi connectivity index (χ1) is 10.5. The SMILES string of the molecule is NS(=O)(=O)c1cnc(N2CCCN(Cc3cscn3)CC2)s1. The van der Waals surface area contributed by atoms with Crippen LogP contribution in [-0.2, 0) is 16.6 Å². The Hall–Kier alpha value is -1.07. The molecule has 2 aromatic heterocycles. The number of rotatable bonds is 4. The topological polar surface area (TPSA) is 92.4 Å². The molecule has 0 bridgehead atoms. The maximum Gasteiger partial charge on any atom is 0.249 e. The lowest BCUT2D eigenvalue weighted by atomic mass is 10.3. The van der Waals surface area contributed by atoms with E-state index in [2.05, 4.69) is 25.1 Å². The predicted octanol–water partition coefficient (Wildman–Crippen LogP) is 0.959. The molecule has 0 amide bonds. The molecule has 1 saturated heterocycles. The average Bonchev–Trinajstić information content (AvgIpc) is 3.08. The quantitative estimate of drug-likeness (QED) is 0.874. The van der Waals surface area contributed by atoms with Gasteiger partial charge in [-0.2, -0.15) is 0 Å². The largest absolute Gasteiger partial charge is 0.347 e. The van der Waals surface area contributed by atoms with Crippen molar-refractivity contribution in [1.29, 1.82) is 0 Å². The molecule has 2 aromatic rings. The van der Waals surface area contributed by atoms with Gasteiger partial charge in [-0.1, -0.05) is 11.3 Å². The lowest BCUT2D eigenvalue weighted by molar-refractivity contribution is 0.282. The van der Waals surface area contributed by atoms with Crippen molar-refractivity contribution in [2.45, 2.75) is 17.2 Å². The van der Waals surface area contributed by atoms with Crippen LogP contribution in [0.5, 0.6) is 0 Å². The summed E-state index contributed by atoms with van der Waals surface area (Å²) < 4.78 is 22.8. The van der Waals surface area contributed by atoms with Crippen molar-refractivity contribution in [2.24, 2.45) is 5.14 Å². The lowest BCUT2D eigenvalue weighted by Crippen LogP contribution is -2.30. The molecular weight excluding hydrogens is 342 g/mol. The second kappa shape index (κ2) is 6.59. The lowest BCUT2D eigenvalue weighted by Gasteiger charge is -2.20. The van der Waals surface area contributed by atoms with Gasteiger partial charge in [0.05, 0.1) is 17.4 Å². The summed E-state index contributed by atoms with van der Waals surface area (Å²) in [6.45, 7) is 4.45. The Kier molecular flexibility index (Phi) is 4.73. The number of thiazole rings is 2. The summed E-state index contributed by atoms with van der Waals surface area (Å²) in [4.78, 5) is 13.0. The molecule has 1 fully saturated rings. The van der Waals surface area contributed by atoms with E-state index in [0.29, 0.717) is 0 Å². The van der Waals surface area contributed by atoms with Crippen LogP contribution in [0.4, 0.5) is 5.13 Å². The molecule has 1 aliphatic rings. The standard InChI is InChI=1S/C12H17N5O2S3/c13-22(18,19)11-6-14-12(21-11)17-3-1-2-16(4-5-17)7-10-8-20-9-15-10/h6,8-9H,1-5,7H2,(H2,13,18,19). The Morgan fingerprint density at radius 1 is 1.23 bits per heavy atom. The van der Waals surface area contributed by atoms with Gasteiger partial charge in [0.15, 0.2) is 9.34 Å². The first-order valence-corrected chi connectivity index (χ1v) is 10.2. The van der Waals surface area contributed by atoms with E-state index >= 15 is 0 Å². The van der Waals surface area contributed by atoms with Crippen LogP contribution in [0, 0.1) is 0 Å². The molecule has 0 radical (unpaired) electrons. The minimum atomic E-state index is -3.66. The highest BCUT2D eigenvalue weighted by molar-refractivity contribution is 7.91.